The molecule has 0 radical (unpaired) electrons. The van der Waals surface area contributed by atoms with Gasteiger partial charge in [0.15, 0.2) is 5.82 Å². The minimum Gasteiger partial charge on any atom is -0.495 e. The maximum Gasteiger partial charge on any atom is 0.259 e. The first-order valence-electron chi connectivity index (χ1n) is 10.3. The summed E-state index contributed by atoms with van der Waals surface area (Å²) in [5.74, 6) is 2.48. The molecule has 0 bridgehead atoms. The van der Waals surface area contributed by atoms with Gasteiger partial charge in [0.2, 0.25) is 5.91 Å². The molecule has 9 heteroatoms. The minimum atomic E-state index is 0.125. The Morgan fingerprint density at radius 2 is 1.97 bits per heavy atom. The second kappa shape index (κ2) is 9.82. The fourth-order valence-electron chi connectivity index (χ4n) is 3.42. The van der Waals surface area contributed by atoms with Crippen molar-refractivity contribution >= 4 is 23.4 Å². The number of thioether (sulfide) groups is 1. The Morgan fingerprint density at radius 1 is 1.16 bits per heavy atom. The second-order valence-corrected chi connectivity index (χ2v) is 8.08. The molecule has 1 aliphatic heterocycles. The summed E-state index contributed by atoms with van der Waals surface area (Å²) in [7, 11) is 1.68. The van der Waals surface area contributed by atoms with Crippen molar-refractivity contribution < 1.29 is 14.1 Å². The fourth-order valence-corrected chi connectivity index (χ4v) is 4.17. The zero-order valence-electron chi connectivity index (χ0n) is 17.7. The summed E-state index contributed by atoms with van der Waals surface area (Å²) in [6.45, 7) is 4.94. The number of rotatable bonds is 7. The Balaban J connectivity index is 1.27. The number of aromatic nitrogens is 3. The van der Waals surface area contributed by atoms with Gasteiger partial charge in [0.1, 0.15) is 5.75 Å². The summed E-state index contributed by atoms with van der Waals surface area (Å²) in [6.07, 6.45) is 2.42. The fraction of sp³-hybridized carbons (Fsp3) is 0.364. The zero-order valence-corrected chi connectivity index (χ0v) is 18.5. The Bertz CT molecular complexity index is 1020. The molecular weight excluding hydrogens is 414 g/mol. The number of amides is 1. The van der Waals surface area contributed by atoms with Crippen molar-refractivity contribution in [2.75, 3.05) is 43.9 Å². The van der Waals surface area contributed by atoms with Crippen LogP contribution in [0.4, 0.5) is 5.69 Å². The van der Waals surface area contributed by atoms with Gasteiger partial charge in [-0.2, -0.15) is 4.98 Å². The van der Waals surface area contributed by atoms with Crippen LogP contribution in [0.25, 0.3) is 11.5 Å². The van der Waals surface area contributed by atoms with E-state index in [0.29, 0.717) is 30.6 Å². The number of hydrogen-bond acceptors (Lipinski definition) is 8. The maximum absolute atomic E-state index is 12.7. The zero-order chi connectivity index (χ0) is 21.6. The highest BCUT2D eigenvalue weighted by molar-refractivity contribution is 7.99. The normalized spacial score (nSPS) is 14.0. The molecule has 2 aromatic heterocycles. The molecule has 4 rings (SSSR count). The van der Waals surface area contributed by atoms with Gasteiger partial charge >= 0.3 is 0 Å². The number of para-hydroxylation sites is 2. The predicted octanol–water partition coefficient (Wildman–Crippen LogP) is 3.14. The van der Waals surface area contributed by atoms with Crippen LogP contribution in [-0.4, -0.2) is 65.0 Å². The molecule has 1 saturated heterocycles. The molecule has 3 heterocycles. The van der Waals surface area contributed by atoms with Crippen LogP contribution in [0.5, 0.6) is 5.75 Å². The first-order chi connectivity index (χ1) is 15.2. The molecule has 1 aliphatic rings. The van der Waals surface area contributed by atoms with Gasteiger partial charge in [-0.05, 0) is 24.3 Å². The molecule has 1 amide bonds. The molecule has 3 aromatic rings. The molecule has 0 N–H and O–H groups in total. The number of pyridine rings is 1. The van der Waals surface area contributed by atoms with E-state index in [1.807, 2.05) is 42.2 Å². The Hall–Kier alpha value is -3.07. The van der Waals surface area contributed by atoms with E-state index in [0.717, 1.165) is 41.5 Å². The van der Waals surface area contributed by atoms with Crippen molar-refractivity contribution in [1.29, 1.82) is 0 Å². The number of nitrogens with zero attached hydrogens (tertiary/aromatic N) is 5. The lowest BCUT2D eigenvalue weighted by molar-refractivity contribution is -0.128. The third-order valence-electron chi connectivity index (χ3n) is 5.17. The molecule has 0 aliphatic carbocycles. The summed E-state index contributed by atoms with van der Waals surface area (Å²) in [6, 6.07) is 11.7. The van der Waals surface area contributed by atoms with Crippen LogP contribution in [0.3, 0.4) is 0 Å². The van der Waals surface area contributed by atoms with Crippen molar-refractivity contribution in [2.24, 2.45) is 0 Å². The van der Waals surface area contributed by atoms with E-state index < -0.39 is 0 Å². The van der Waals surface area contributed by atoms with Gasteiger partial charge in [-0.25, -0.2) is 4.98 Å². The van der Waals surface area contributed by atoms with Crippen LogP contribution < -0.4 is 9.64 Å². The van der Waals surface area contributed by atoms with Crippen LogP contribution >= 0.6 is 11.8 Å². The number of ether oxygens (including phenoxy) is 1. The minimum absolute atomic E-state index is 0.125. The van der Waals surface area contributed by atoms with Crippen LogP contribution in [0.15, 0.2) is 52.1 Å². The highest BCUT2D eigenvalue weighted by Gasteiger charge is 2.23. The van der Waals surface area contributed by atoms with Gasteiger partial charge in [-0.1, -0.05) is 36.0 Å². The lowest BCUT2D eigenvalue weighted by atomic mass is 10.2. The Kier molecular flexibility index (Phi) is 6.71. The molecular formula is C22H25N5O3S. The van der Waals surface area contributed by atoms with Crippen LogP contribution in [0.1, 0.15) is 12.7 Å². The Morgan fingerprint density at radius 3 is 2.65 bits per heavy atom. The van der Waals surface area contributed by atoms with Gasteiger partial charge in [0.05, 0.1) is 29.1 Å². The number of aryl methyl sites for hydroxylation is 1. The van der Waals surface area contributed by atoms with Crippen molar-refractivity contribution in [3.05, 3.63) is 48.4 Å². The van der Waals surface area contributed by atoms with Gasteiger partial charge in [-0.15, -0.1) is 0 Å². The summed E-state index contributed by atoms with van der Waals surface area (Å²) in [4.78, 5) is 25.6. The van der Waals surface area contributed by atoms with E-state index in [2.05, 4.69) is 26.1 Å². The highest BCUT2D eigenvalue weighted by atomic mass is 32.2. The molecule has 0 spiro atoms. The van der Waals surface area contributed by atoms with E-state index in [-0.39, 0.29) is 5.91 Å². The second-order valence-electron chi connectivity index (χ2n) is 7.08. The molecule has 162 valence electrons. The summed E-state index contributed by atoms with van der Waals surface area (Å²) < 4.78 is 10.7. The number of piperazine rings is 1. The van der Waals surface area contributed by atoms with E-state index in [1.54, 1.807) is 13.3 Å². The molecule has 1 fully saturated rings. The third-order valence-corrected chi connectivity index (χ3v) is 6.10. The largest absolute Gasteiger partial charge is 0.495 e. The number of carbonyl (C=O) groups is 1. The average molecular weight is 440 g/mol. The molecule has 0 unspecified atom stereocenters. The first kappa shape index (κ1) is 21.2. The third kappa shape index (κ3) is 4.99. The molecule has 0 saturated carbocycles. The van der Waals surface area contributed by atoms with Crippen LogP contribution in [0, 0.1) is 0 Å². The van der Waals surface area contributed by atoms with Crippen molar-refractivity contribution in [2.45, 2.75) is 18.4 Å². The summed E-state index contributed by atoms with van der Waals surface area (Å²) >= 11 is 1.44. The molecule has 0 atom stereocenters. The van der Waals surface area contributed by atoms with E-state index in [1.165, 1.54) is 11.8 Å². The van der Waals surface area contributed by atoms with Crippen LogP contribution in [0.2, 0.25) is 0 Å². The number of hydrogen-bond donors (Lipinski definition) is 0. The van der Waals surface area contributed by atoms with Gasteiger partial charge in [-0.3, -0.25) is 4.79 Å². The monoisotopic (exact) mass is 439 g/mol. The van der Waals surface area contributed by atoms with E-state index in [4.69, 9.17) is 9.26 Å². The summed E-state index contributed by atoms with van der Waals surface area (Å²) in [5, 5.41) is 4.69. The molecule has 31 heavy (non-hydrogen) atoms. The highest BCUT2D eigenvalue weighted by Crippen LogP contribution is 2.28. The van der Waals surface area contributed by atoms with Gasteiger partial charge < -0.3 is 19.1 Å². The molecule has 1 aromatic carbocycles. The quantitative estimate of drug-likeness (QED) is 0.519. The van der Waals surface area contributed by atoms with Gasteiger partial charge in [0, 0.05) is 38.8 Å². The van der Waals surface area contributed by atoms with Crippen molar-refractivity contribution in [3.8, 4) is 17.2 Å². The molecule has 8 nitrogen and oxygen atoms in total. The predicted molar refractivity (Wildman–Crippen MR) is 119 cm³/mol. The lowest BCUT2D eigenvalue weighted by Crippen LogP contribution is -2.49. The number of anilines is 1. The van der Waals surface area contributed by atoms with Crippen molar-refractivity contribution in [1.82, 2.24) is 20.0 Å². The maximum atomic E-state index is 12.7. The summed E-state index contributed by atoms with van der Waals surface area (Å²) in [5.41, 5.74) is 1.85. The number of carbonyl (C=O) groups excluding carboxylic acids is 1. The van der Waals surface area contributed by atoms with Gasteiger partial charge in [0.25, 0.3) is 5.89 Å². The topological polar surface area (TPSA) is 84.6 Å². The lowest BCUT2D eigenvalue weighted by Gasteiger charge is -2.36. The van der Waals surface area contributed by atoms with Crippen LogP contribution in [-0.2, 0) is 11.2 Å². The average Bonchev–Trinajstić information content (AvgIpc) is 3.32. The first-order valence-corrected chi connectivity index (χ1v) is 11.2. The smallest absolute Gasteiger partial charge is 0.259 e. The number of benzene rings is 1. The standard InChI is InChI=1S/C22H25N5O3S/c1-3-19-24-22(30-25-19)16-8-9-20(23-14-16)31-15-21(28)27-12-10-26(11-13-27)17-6-4-5-7-18(17)29-2/h4-9,14H,3,10-13,15H2,1-2H3. The van der Waals surface area contributed by atoms with E-state index in [9.17, 15) is 4.79 Å². The Labute approximate surface area is 185 Å². The SMILES string of the molecule is CCc1noc(-c2ccc(SCC(=O)N3CCN(c4ccccc4OC)CC3)nc2)n1. The number of methoxy groups -OCH3 is 1. The van der Waals surface area contributed by atoms with Crippen molar-refractivity contribution in [3.63, 3.8) is 0 Å². The van der Waals surface area contributed by atoms with E-state index >= 15 is 0 Å².